The van der Waals surface area contributed by atoms with E-state index in [1.54, 1.807) is 29.2 Å². The van der Waals surface area contributed by atoms with Crippen LogP contribution in [0.1, 0.15) is 21.5 Å². The SMILES string of the molecule is O=C(c1cc(Cc2ccccc2)ccc1O)N1CCN(c2cccc([N+](=O)[O-])c2)CC1. The van der Waals surface area contributed by atoms with Gasteiger partial charge in [0.1, 0.15) is 5.75 Å². The number of carbonyl (C=O) groups is 1. The summed E-state index contributed by atoms with van der Waals surface area (Å²) in [7, 11) is 0. The molecule has 158 valence electrons. The van der Waals surface area contributed by atoms with E-state index >= 15 is 0 Å². The molecule has 1 fully saturated rings. The minimum Gasteiger partial charge on any atom is -0.507 e. The third-order valence-electron chi connectivity index (χ3n) is 5.52. The zero-order valence-electron chi connectivity index (χ0n) is 17.0. The van der Waals surface area contributed by atoms with Crippen molar-refractivity contribution in [2.75, 3.05) is 31.1 Å². The van der Waals surface area contributed by atoms with E-state index in [4.69, 9.17) is 0 Å². The molecule has 1 amide bonds. The van der Waals surface area contributed by atoms with Gasteiger partial charge in [0.15, 0.2) is 0 Å². The lowest BCUT2D eigenvalue weighted by atomic mass is 10.0. The predicted molar refractivity (Wildman–Crippen MR) is 119 cm³/mol. The molecule has 1 aliphatic rings. The molecule has 0 bridgehead atoms. The minimum atomic E-state index is -0.408. The number of hydrogen-bond acceptors (Lipinski definition) is 5. The highest BCUT2D eigenvalue weighted by atomic mass is 16.6. The highest BCUT2D eigenvalue weighted by molar-refractivity contribution is 5.97. The maximum atomic E-state index is 13.1. The number of piperazine rings is 1. The number of non-ortho nitro benzene ring substituents is 1. The zero-order chi connectivity index (χ0) is 21.8. The maximum absolute atomic E-state index is 13.1. The number of phenolic OH excluding ortho intramolecular Hbond substituents is 1. The first-order valence-corrected chi connectivity index (χ1v) is 10.2. The van der Waals surface area contributed by atoms with Crippen LogP contribution in [-0.4, -0.2) is 47.0 Å². The van der Waals surface area contributed by atoms with Gasteiger partial charge in [-0.3, -0.25) is 14.9 Å². The van der Waals surface area contributed by atoms with Gasteiger partial charge in [0.2, 0.25) is 0 Å². The fourth-order valence-electron chi connectivity index (χ4n) is 3.84. The summed E-state index contributed by atoms with van der Waals surface area (Å²) in [4.78, 5) is 27.4. The number of nitrogens with zero attached hydrogens (tertiary/aromatic N) is 3. The van der Waals surface area contributed by atoms with Gasteiger partial charge in [-0.2, -0.15) is 0 Å². The number of carbonyl (C=O) groups excluding carboxylic acids is 1. The Labute approximate surface area is 180 Å². The Balaban J connectivity index is 1.44. The van der Waals surface area contributed by atoms with Crippen LogP contribution < -0.4 is 4.90 Å². The third-order valence-corrected chi connectivity index (χ3v) is 5.52. The van der Waals surface area contributed by atoms with Gasteiger partial charge in [-0.15, -0.1) is 0 Å². The summed E-state index contributed by atoms with van der Waals surface area (Å²) >= 11 is 0. The molecule has 0 saturated carbocycles. The first-order chi connectivity index (χ1) is 15.0. The molecule has 0 unspecified atom stereocenters. The lowest BCUT2D eigenvalue weighted by Gasteiger charge is -2.36. The van der Waals surface area contributed by atoms with Crippen LogP contribution in [0.4, 0.5) is 11.4 Å². The van der Waals surface area contributed by atoms with Crippen molar-refractivity contribution in [1.82, 2.24) is 4.90 Å². The van der Waals surface area contributed by atoms with Crippen LogP contribution in [0.5, 0.6) is 5.75 Å². The number of anilines is 1. The highest BCUT2D eigenvalue weighted by Gasteiger charge is 2.25. The number of nitro benzene ring substituents is 1. The second-order valence-corrected chi connectivity index (χ2v) is 7.57. The van der Waals surface area contributed by atoms with Crippen LogP contribution >= 0.6 is 0 Å². The first-order valence-electron chi connectivity index (χ1n) is 10.2. The van der Waals surface area contributed by atoms with Crippen molar-refractivity contribution >= 4 is 17.3 Å². The largest absolute Gasteiger partial charge is 0.507 e. The summed E-state index contributed by atoms with van der Waals surface area (Å²) in [5.74, 6) is -0.228. The lowest BCUT2D eigenvalue weighted by molar-refractivity contribution is -0.384. The maximum Gasteiger partial charge on any atom is 0.271 e. The normalized spacial score (nSPS) is 13.8. The van der Waals surface area contributed by atoms with Gasteiger partial charge in [-0.05, 0) is 35.7 Å². The molecule has 0 aromatic heterocycles. The van der Waals surface area contributed by atoms with Crippen molar-refractivity contribution < 1.29 is 14.8 Å². The minimum absolute atomic E-state index is 0.0251. The van der Waals surface area contributed by atoms with Gasteiger partial charge in [-0.25, -0.2) is 0 Å². The number of nitro groups is 1. The molecule has 1 aliphatic heterocycles. The molecule has 3 aromatic carbocycles. The number of rotatable bonds is 5. The summed E-state index contributed by atoms with van der Waals surface area (Å²) < 4.78 is 0. The van der Waals surface area contributed by atoms with Crippen molar-refractivity contribution in [2.24, 2.45) is 0 Å². The van der Waals surface area contributed by atoms with E-state index in [9.17, 15) is 20.0 Å². The Morgan fingerprint density at radius 3 is 2.35 bits per heavy atom. The van der Waals surface area contributed by atoms with Crippen molar-refractivity contribution in [1.29, 1.82) is 0 Å². The van der Waals surface area contributed by atoms with Crippen molar-refractivity contribution in [3.63, 3.8) is 0 Å². The monoisotopic (exact) mass is 417 g/mol. The third kappa shape index (κ3) is 4.66. The Morgan fingerprint density at radius 1 is 0.903 bits per heavy atom. The highest BCUT2D eigenvalue weighted by Crippen LogP contribution is 2.25. The fraction of sp³-hybridized carbons (Fsp3) is 0.208. The number of phenols is 1. The van der Waals surface area contributed by atoms with Crippen molar-refractivity contribution in [3.8, 4) is 5.75 Å². The average Bonchev–Trinajstić information content (AvgIpc) is 2.81. The fourth-order valence-corrected chi connectivity index (χ4v) is 3.84. The standard InChI is InChI=1S/C24H23N3O4/c28-23-10-9-19(15-18-5-2-1-3-6-18)16-22(23)24(29)26-13-11-25(12-14-26)20-7-4-8-21(17-20)27(30)31/h1-10,16-17,28H,11-15H2. The topological polar surface area (TPSA) is 86.9 Å². The average molecular weight is 417 g/mol. The molecule has 7 nitrogen and oxygen atoms in total. The van der Waals surface area contributed by atoms with Crippen LogP contribution in [0.15, 0.2) is 72.8 Å². The van der Waals surface area contributed by atoms with Crippen LogP contribution in [-0.2, 0) is 6.42 Å². The van der Waals surface area contributed by atoms with Gasteiger partial charge in [0, 0.05) is 44.0 Å². The molecule has 3 aromatic rings. The van der Waals surface area contributed by atoms with E-state index in [1.165, 1.54) is 6.07 Å². The quantitative estimate of drug-likeness (QED) is 0.503. The van der Waals surface area contributed by atoms with Crippen molar-refractivity contribution in [3.05, 3.63) is 99.6 Å². The molecule has 0 atom stereocenters. The Morgan fingerprint density at radius 2 is 1.65 bits per heavy atom. The number of aromatic hydroxyl groups is 1. The van der Waals surface area contributed by atoms with Crippen LogP contribution in [0, 0.1) is 10.1 Å². The van der Waals surface area contributed by atoms with Gasteiger partial charge < -0.3 is 14.9 Å². The number of amides is 1. The molecule has 0 spiro atoms. The van der Waals surface area contributed by atoms with E-state index < -0.39 is 4.92 Å². The van der Waals surface area contributed by atoms with Gasteiger partial charge in [0.05, 0.1) is 10.5 Å². The molecule has 4 rings (SSSR count). The molecule has 0 radical (unpaired) electrons. The van der Waals surface area contributed by atoms with Crippen LogP contribution in [0.25, 0.3) is 0 Å². The predicted octanol–water partition coefficient (Wildman–Crippen LogP) is 3.85. The Hall–Kier alpha value is -3.87. The van der Waals surface area contributed by atoms with Gasteiger partial charge in [0.25, 0.3) is 11.6 Å². The molecule has 1 N–H and O–H groups in total. The number of benzene rings is 3. The first kappa shape index (κ1) is 20.4. The molecular weight excluding hydrogens is 394 g/mol. The molecule has 1 heterocycles. The number of hydrogen-bond donors (Lipinski definition) is 1. The Bertz CT molecular complexity index is 1090. The summed E-state index contributed by atoms with van der Waals surface area (Å²) in [6.07, 6.45) is 0.683. The summed E-state index contributed by atoms with van der Waals surface area (Å²) in [5, 5.41) is 21.3. The summed E-state index contributed by atoms with van der Waals surface area (Å²) in [6.45, 7) is 2.09. The second kappa shape index (κ2) is 8.87. The van der Waals surface area contributed by atoms with Crippen LogP contribution in [0.2, 0.25) is 0 Å². The smallest absolute Gasteiger partial charge is 0.271 e. The van der Waals surface area contributed by atoms with Crippen LogP contribution in [0.3, 0.4) is 0 Å². The zero-order valence-corrected chi connectivity index (χ0v) is 17.0. The molecular formula is C24H23N3O4. The van der Waals surface area contributed by atoms with Gasteiger partial charge in [-0.1, -0.05) is 42.5 Å². The second-order valence-electron chi connectivity index (χ2n) is 7.57. The van der Waals surface area contributed by atoms with E-state index in [1.807, 2.05) is 47.4 Å². The van der Waals surface area contributed by atoms with E-state index in [-0.39, 0.29) is 17.3 Å². The summed E-state index contributed by atoms with van der Waals surface area (Å²) in [5.41, 5.74) is 3.22. The molecule has 1 saturated heterocycles. The molecule has 7 heteroatoms. The lowest BCUT2D eigenvalue weighted by Crippen LogP contribution is -2.48. The Kier molecular flexibility index (Phi) is 5.84. The molecule has 0 aliphatic carbocycles. The van der Waals surface area contributed by atoms with E-state index in [0.29, 0.717) is 38.2 Å². The van der Waals surface area contributed by atoms with Gasteiger partial charge >= 0.3 is 0 Å². The van der Waals surface area contributed by atoms with E-state index in [2.05, 4.69) is 0 Å². The summed E-state index contributed by atoms with van der Waals surface area (Å²) in [6, 6.07) is 21.7. The van der Waals surface area contributed by atoms with E-state index in [0.717, 1.165) is 16.8 Å². The molecule has 31 heavy (non-hydrogen) atoms. The van der Waals surface area contributed by atoms with Crippen molar-refractivity contribution in [2.45, 2.75) is 6.42 Å².